The first-order valence-electron chi connectivity index (χ1n) is 6.77. The van der Waals surface area contributed by atoms with Crippen molar-refractivity contribution in [1.82, 2.24) is 0 Å². The average molecular weight is 233 g/mol. The van der Waals surface area contributed by atoms with Gasteiger partial charge in [0.2, 0.25) is 0 Å². The van der Waals surface area contributed by atoms with Gasteiger partial charge in [-0.1, -0.05) is 26.2 Å². The summed E-state index contributed by atoms with van der Waals surface area (Å²) in [5.41, 5.74) is 2.30. The quantitative estimate of drug-likeness (QED) is 0.771. The van der Waals surface area contributed by atoms with Crippen LogP contribution in [0.5, 0.6) is 5.75 Å². The summed E-state index contributed by atoms with van der Waals surface area (Å²) in [7, 11) is 0. The highest BCUT2D eigenvalue weighted by Crippen LogP contribution is 2.30. The van der Waals surface area contributed by atoms with E-state index in [-0.39, 0.29) is 0 Å². The Morgan fingerprint density at radius 3 is 2.76 bits per heavy atom. The largest absolute Gasteiger partial charge is 0.508 e. The Bertz CT molecular complexity index is 375. The molecule has 2 nitrogen and oxygen atoms in total. The van der Waals surface area contributed by atoms with E-state index in [0.717, 1.165) is 11.5 Å². The van der Waals surface area contributed by atoms with Gasteiger partial charge in [-0.15, -0.1) is 0 Å². The lowest BCUT2D eigenvalue weighted by Gasteiger charge is -2.32. The number of aromatic hydroxyl groups is 1. The molecule has 1 saturated carbocycles. The summed E-state index contributed by atoms with van der Waals surface area (Å²) >= 11 is 0. The zero-order valence-corrected chi connectivity index (χ0v) is 10.9. The fourth-order valence-corrected chi connectivity index (χ4v) is 2.90. The van der Waals surface area contributed by atoms with Crippen molar-refractivity contribution in [2.75, 3.05) is 5.32 Å². The van der Waals surface area contributed by atoms with Crippen LogP contribution in [0, 0.1) is 12.8 Å². The molecule has 2 atom stereocenters. The zero-order chi connectivity index (χ0) is 12.3. The van der Waals surface area contributed by atoms with Crippen molar-refractivity contribution in [3.8, 4) is 5.75 Å². The van der Waals surface area contributed by atoms with Crippen molar-refractivity contribution in [2.45, 2.75) is 52.0 Å². The molecule has 1 aromatic carbocycles. The fourth-order valence-electron chi connectivity index (χ4n) is 2.90. The molecule has 17 heavy (non-hydrogen) atoms. The van der Waals surface area contributed by atoms with Crippen molar-refractivity contribution < 1.29 is 5.11 Å². The number of rotatable bonds is 3. The van der Waals surface area contributed by atoms with Crippen molar-refractivity contribution in [1.29, 1.82) is 0 Å². The van der Waals surface area contributed by atoms with Crippen molar-refractivity contribution in [3.05, 3.63) is 23.8 Å². The van der Waals surface area contributed by atoms with Crippen molar-refractivity contribution in [2.24, 2.45) is 5.92 Å². The van der Waals surface area contributed by atoms with Crippen LogP contribution in [0.4, 0.5) is 5.69 Å². The van der Waals surface area contributed by atoms with E-state index in [1.54, 1.807) is 6.07 Å². The van der Waals surface area contributed by atoms with Gasteiger partial charge < -0.3 is 10.4 Å². The van der Waals surface area contributed by atoms with E-state index < -0.39 is 0 Å². The molecule has 0 amide bonds. The number of aryl methyl sites for hydroxylation is 1. The van der Waals surface area contributed by atoms with E-state index in [9.17, 15) is 5.11 Å². The minimum atomic E-state index is 0.351. The van der Waals surface area contributed by atoms with Gasteiger partial charge in [-0.3, -0.25) is 0 Å². The molecule has 1 fully saturated rings. The molecule has 0 bridgehead atoms. The molecule has 0 spiro atoms. The Morgan fingerprint density at radius 2 is 2.06 bits per heavy atom. The van der Waals surface area contributed by atoms with Crippen LogP contribution in [0.3, 0.4) is 0 Å². The molecule has 0 saturated heterocycles. The minimum absolute atomic E-state index is 0.351. The molecular weight excluding hydrogens is 210 g/mol. The van der Waals surface area contributed by atoms with Crippen LogP contribution in [0.2, 0.25) is 0 Å². The van der Waals surface area contributed by atoms with Gasteiger partial charge >= 0.3 is 0 Å². The molecule has 2 heteroatoms. The van der Waals surface area contributed by atoms with Crippen molar-refractivity contribution in [3.63, 3.8) is 0 Å². The fraction of sp³-hybridized carbons (Fsp3) is 0.600. The van der Waals surface area contributed by atoms with Gasteiger partial charge in [0.25, 0.3) is 0 Å². The first-order valence-corrected chi connectivity index (χ1v) is 6.77. The first kappa shape index (κ1) is 12.3. The molecule has 2 N–H and O–H groups in total. The maximum absolute atomic E-state index is 9.41. The van der Waals surface area contributed by atoms with Crippen molar-refractivity contribution >= 4 is 5.69 Å². The maximum atomic E-state index is 9.41. The highest BCUT2D eigenvalue weighted by molar-refractivity contribution is 5.54. The molecule has 0 heterocycles. The summed E-state index contributed by atoms with van der Waals surface area (Å²) in [6, 6.07) is 6.19. The number of hydrogen-bond acceptors (Lipinski definition) is 2. The average Bonchev–Trinajstić information content (AvgIpc) is 2.33. The Labute approximate surface area is 104 Å². The van der Waals surface area contributed by atoms with E-state index in [2.05, 4.69) is 12.2 Å². The zero-order valence-electron chi connectivity index (χ0n) is 10.9. The predicted molar refractivity (Wildman–Crippen MR) is 72.5 cm³/mol. The third-order valence-corrected chi connectivity index (χ3v) is 3.98. The standard InChI is InChI=1S/C15H23NO/c1-3-12-6-4-5-7-15(12)16-14-9-8-13(17)10-11(14)2/h8-10,12,15-17H,3-7H2,1-2H3. The third kappa shape index (κ3) is 2.93. The van der Waals surface area contributed by atoms with Crippen LogP contribution in [0.1, 0.15) is 44.6 Å². The molecule has 0 radical (unpaired) electrons. The Hall–Kier alpha value is -1.18. The van der Waals surface area contributed by atoms with Crippen LogP contribution in [-0.2, 0) is 0 Å². The van der Waals surface area contributed by atoms with Crippen LogP contribution in [0.25, 0.3) is 0 Å². The predicted octanol–water partition coefficient (Wildman–Crippen LogP) is 4.08. The lowest BCUT2D eigenvalue weighted by atomic mass is 9.82. The SMILES string of the molecule is CCC1CCCCC1Nc1ccc(O)cc1C. The smallest absolute Gasteiger partial charge is 0.115 e. The van der Waals surface area contributed by atoms with E-state index >= 15 is 0 Å². The molecule has 0 aromatic heterocycles. The second kappa shape index (κ2) is 5.44. The molecule has 2 unspecified atom stereocenters. The summed E-state index contributed by atoms with van der Waals surface area (Å²) < 4.78 is 0. The lowest BCUT2D eigenvalue weighted by molar-refractivity contribution is 0.317. The maximum Gasteiger partial charge on any atom is 0.115 e. The Morgan fingerprint density at radius 1 is 1.29 bits per heavy atom. The van der Waals surface area contributed by atoms with Gasteiger partial charge in [0, 0.05) is 11.7 Å². The topological polar surface area (TPSA) is 32.3 Å². The Balaban J connectivity index is 2.08. The molecule has 1 aliphatic rings. The number of phenolic OH excluding ortho intramolecular Hbond substituents is 1. The van der Waals surface area contributed by atoms with E-state index in [1.807, 2.05) is 19.1 Å². The molecule has 0 aliphatic heterocycles. The van der Waals surface area contributed by atoms with Gasteiger partial charge in [0.05, 0.1) is 0 Å². The highest BCUT2D eigenvalue weighted by Gasteiger charge is 2.23. The Kier molecular flexibility index (Phi) is 3.93. The number of anilines is 1. The molecule has 1 aromatic rings. The van der Waals surface area contributed by atoms with Gasteiger partial charge in [0.1, 0.15) is 5.75 Å². The summed E-state index contributed by atoms with van der Waals surface area (Å²) in [6.07, 6.45) is 6.61. The molecule has 94 valence electrons. The second-order valence-corrected chi connectivity index (χ2v) is 5.20. The number of hydrogen-bond donors (Lipinski definition) is 2. The third-order valence-electron chi connectivity index (χ3n) is 3.98. The molecular formula is C15H23NO. The second-order valence-electron chi connectivity index (χ2n) is 5.20. The van der Waals surface area contributed by atoms with Crippen LogP contribution < -0.4 is 5.32 Å². The van der Waals surface area contributed by atoms with E-state index in [1.165, 1.54) is 37.8 Å². The molecule has 2 rings (SSSR count). The normalized spacial score (nSPS) is 24.6. The lowest BCUT2D eigenvalue weighted by Crippen LogP contribution is -2.32. The van der Waals surface area contributed by atoms with Crippen LogP contribution in [0.15, 0.2) is 18.2 Å². The monoisotopic (exact) mass is 233 g/mol. The molecule has 1 aliphatic carbocycles. The first-order chi connectivity index (χ1) is 8.20. The van der Waals surface area contributed by atoms with E-state index in [4.69, 9.17) is 0 Å². The van der Waals surface area contributed by atoms with Crippen LogP contribution >= 0.6 is 0 Å². The van der Waals surface area contributed by atoms with Crippen LogP contribution in [-0.4, -0.2) is 11.1 Å². The minimum Gasteiger partial charge on any atom is -0.508 e. The number of benzene rings is 1. The number of phenols is 1. The summed E-state index contributed by atoms with van der Waals surface area (Å²) in [4.78, 5) is 0. The van der Waals surface area contributed by atoms with E-state index in [0.29, 0.717) is 11.8 Å². The number of nitrogens with one attached hydrogen (secondary N) is 1. The summed E-state index contributed by atoms with van der Waals surface area (Å²) in [5, 5.41) is 13.1. The van der Waals surface area contributed by atoms with Gasteiger partial charge in [0.15, 0.2) is 0 Å². The van der Waals surface area contributed by atoms with Gasteiger partial charge in [-0.25, -0.2) is 0 Å². The highest BCUT2D eigenvalue weighted by atomic mass is 16.3. The summed E-state index contributed by atoms with van der Waals surface area (Å²) in [5.74, 6) is 1.15. The van der Waals surface area contributed by atoms with Gasteiger partial charge in [-0.05, 0) is 49.4 Å². The van der Waals surface area contributed by atoms with Gasteiger partial charge in [-0.2, -0.15) is 0 Å². The summed E-state index contributed by atoms with van der Waals surface area (Å²) in [6.45, 7) is 4.33.